The van der Waals surface area contributed by atoms with Crippen LogP contribution < -0.4 is 5.32 Å². The Kier molecular flexibility index (Phi) is 41.1. The van der Waals surface area contributed by atoms with E-state index >= 15 is 0 Å². The van der Waals surface area contributed by atoms with E-state index in [0.29, 0.717) is 6.42 Å². The zero-order valence-electron chi connectivity index (χ0n) is 34.7. The van der Waals surface area contributed by atoms with Gasteiger partial charge in [0.15, 0.2) is 0 Å². The first-order chi connectivity index (χ1) is 25.6. The molecule has 5 nitrogen and oxygen atoms in total. The molecule has 5 heteroatoms. The minimum absolute atomic E-state index is 0.369. The summed E-state index contributed by atoms with van der Waals surface area (Å²) in [5, 5.41) is 33.1. The number of unbranched alkanes of at least 4 members (excludes halogenated alkanes) is 30. The molecule has 3 unspecified atom stereocenters. The van der Waals surface area contributed by atoms with Gasteiger partial charge in [-0.05, 0) is 44.9 Å². The van der Waals surface area contributed by atoms with E-state index in [9.17, 15) is 20.1 Å². The summed E-state index contributed by atoms with van der Waals surface area (Å²) in [5.41, 5.74) is 0. The second-order valence-electron chi connectivity index (χ2n) is 15.6. The zero-order chi connectivity index (χ0) is 38.0. The molecule has 306 valence electrons. The first-order valence-corrected chi connectivity index (χ1v) is 22.8. The van der Waals surface area contributed by atoms with Gasteiger partial charge in [0.25, 0.3) is 0 Å². The number of hydrogen-bond acceptors (Lipinski definition) is 4. The van der Waals surface area contributed by atoms with E-state index in [4.69, 9.17) is 0 Å². The van der Waals surface area contributed by atoms with Gasteiger partial charge >= 0.3 is 0 Å². The quantitative estimate of drug-likeness (QED) is 0.0286. The molecule has 0 fully saturated rings. The monoisotopic (exact) mass is 732 g/mol. The number of rotatable bonds is 41. The maximum absolute atomic E-state index is 12.4. The third-order valence-electron chi connectivity index (χ3n) is 10.5. The highest BCUT2D eigenvalue weighted by Crippen LogP contribution is 2.16. The summed E-state index contributed by atoms with van der Waals surface area (Å²) in [6.07, 6.45) is 53.3. The van der Waals surface area contributed by atoms with Crippen LogP contribution in [0.1, 0.15) is 232 Å². The molecule has 0 aliphatic rings. The average Bonchev–Trinajstić information content (AvgIpc) is 3.15. The lowest BCUT2D eigenvalue weighted by molar-refractivity contribution is -0.131. The smallest absolute Gasteiger partial charge is 0.249 e. The van der Waals surface area contributed by atoms with Crippen molar-refractivity contribution in [2.75, 3.05) is 6.61 Å². The molecule has 0 aliphatic carbocycles. The Hall–Kier alpha value is -1.43. The third-order valence-corrected chi connectivity index (χ3v) is 10.5. The largest absolute Gasteiger partial charge is 0.394 e. The normalized spacial score (nSPS) is 13.9. The Bertz CT molecular complexity index is 809. The molecule has 0 aromatic carbocycles. The fraction of sp³-hybridized carbons (Fsp3) is 0.851. The Balaban J connectivity index is 3.64. The number of carbonyl (C=O) groups excluding carboxylic acids is 1. The van der Waals surface area contributed by atoms with Crippen molar-refractivity contribution in [1.82, 2.24) is 5.32 Å². The zero-order valence-corrected chi connectivity index (χ0v) is 34.7. The van der Waals surface area contributed by atoms with Crippen molar-refractivity contribution >= 4 is 5.91 Å². The van der Waals surface area contributed by atoms with Gasteiger partial charge in [-0.25, -0.2) is 0 Å². The van der Waals surface area contributed by atoms with Crippen LogP contribution in [0, 0.1) is 0 Å². The molecule has 0 aromatic heterocycles. The lowest BCUT2D eigenvalue weighted by atomic mass is 10.0. The van der Waals surface area contributed by atoms with Crippen LogP contribution in [0.3, 0.4) is 0 Å². The van der Waals surface area contributed by atoms with E-state index in [1.54, 1.807) is 6.08 Å². The van der Waals surface area contributed by atoms with Gasteiger partial charge < -0.3 is 20.6 Å². The van der Waals surface area contributed by atoms with Gasteiger partial charge in [-0.1, -0.05) is 224 Å². The molecule has 0 aromatic rings. The number of hydrogen-bond donors (Lipinski definition) is 4. The Morgan fingerprint density at radius 3 is 1.21 bits per heavy atom. The van der Waals surface area contributed by atoms with E-state index in [2.05, 4.69) is 43.5 Å². The molecule has 4 N–H and O–H groups in total. The van der Waals surface area contributed by atoms with Crippen LogP contribution >= 0.6 is 0 Å². The summed E-state index contributed by atoms with van der Waals surface area (Å²) in [4.78, 5) is 12.4. The second-order valence-corrected chi connectivity index (χ2v) is 15.6. The van der Waals surface area contributed by atoms with E-state index in [1.165, 1.54) is 161 Å². The van der Waals surface area contributed by atoms with Crippen molar-refractivity contribution in [2.45, 2.75) is 250 Å². The second kappa shape index (κ2) is 42.3. The van der Waals surface area contributed by atoms with Gasteiger partial charge in [-0.15, -0.1) is 0 Å². The highest BCUT2D eigenvalue weighted by Gasteiger charge is 2.22. The van der Waals surface area contributed by atoms with Gasteiger partial charge in [0.1, 0.15) is 6.10 Å². The standard InChI is InChI=1S/C47H89NO4/c1-3-5-7-9-11-13-15-17-19-20-21-22-23-24-25-26-27-28-30-31-33-35-37-39-41-45(50)44(43-49)48-47(52)46(51)42-40-38-36-34-32-29-18-16-14-12-10-8-6-4-2/h12,14,16,18,39,41,44-46,49-51H,3-11,13,15,17,19-38,40,42-43H2,1-2H3,(H,48,52)/b14-12-,18-16-,41-39+. The topological polar surface area (TPSA) is 89.8 Å². The lowest BCUT2D eigenvalue weighted by Gasteiger charge is -2.21. The van der Waals surface area contributed by atoms with E-state index < -0.39 is 24.2 Å². The SMILES string of the molecule is CCCCC/C=C\C=C/CCCCCCCC(O)C(=O)NC(CO)C(O)/C=C/CCCCCCCCCCCCCCCCCCCCCCCC. The number of aliphatic hydroxyl groups is 3. The first-order valence-electron chi connectivity index (χ1n) is 22.8. The van der Waals surface area contributed by atoms with Gasteiger partial charge in [0, 0.05) is 0 Å². The van der Waals surface area contributed by atoms with Crippen LogP contribution in [0.4, 0.5) is 0 Å². The molecule has 0 rings (SSSR count). The van der Waals surface area contributed by atoms with Crippen molar-refractivity contribution in [3.8, 4) is 0 Å². The van der Waals surface area contributed by atoms with E-state index in [0.717, 1.165) is 51.4 Å². The molecule has 3 atom stereocenters. The Labute approximate surface area is 324 Å². The summed E-state index contributed by atoms with van der Waals surface area (Å²) in [6.45, 7) is 4.15. The van der Waals surface area contributed by atoms with Crippen molar-refractivity contribution in [1.29, 1.82) is 0 Å². The molecule has 1 amide bonds. The number of aliphatic hydroxyl groups excluding tert-OH is 3. The highest BCUT2D eigenvalue weighted by atomic mass is 16.3. The maximum Gasteiger partial charge on any atom is 0.249 e. The summed E-state index contributed by atoms with van der Waals surface area (Å²) < 4.78 is 0. The van der Waals surface area contributed by atoms with E-state index in [1.807, 2.05) is 6.08 Å². The molecule has 0 heterocycles. The summed E-state index contributed by atoms with van der Waals surface area (Å²) in [7, 11) is 0. The van der Waals surface area contributed by atoms with Crippen molar-refractivity contribution in [3.05, 3.63) is 36.5 Å². The number of carbonyl (C=O) groups is 1. The van der Waals surface area contributed by atoms with Gasteiger partial charge in [-0.2, -0.15) is 0 Å². The molecule has 0 saturated carbocycles. The van der Waals surface area contributed by atoms with E-state index in [-0.39, 0.29) is 6.61 Å². The van der Waals surface area contributed by atoms with Crippen LogP contribution in [0.15, 0.2) is 36.5 Å². The molecule has 0 saturated heterocycles. The van der Waals surface area contributed by atoms with Crippen LogP contribution in [0.2, 0.25) is 0 Å². The number of nitrogens with one attached hydrogen (secondary N) is 1. The molecule has 0 bridgehead atoms. The molecule has 0 spiro atoms. The molecule has 0 aliphatic heterocycles. The van der Waals surface area contributed by atoms with Crippen LogP contribution in [-0.2, 0) is 4.79 Å². The van der Waals surface area contributed by atoms with Crippen molar-refractivity contribution in [3.63, 3.8) is 0 Å². The van der Waals surface area contributed by atoms with Gasteiger partial charge in [-0.3, -0.25) is 4.79 Å². The Morgan fingerprint density at radius 2 is 0.808 bits per heavy atom. The molecular formula is C47H89NO4. The molecule has 52 heavy (non-hydrogen) atoms. The molecular weight excluding hydrogens is 643 g/mol. The fourth-order valence-electron chi connectivity index (χ4n) is 6.88. The highest BCUT2D eigenvalue weighted by molar-refractivity contribution is 5.80. The third kappa shape index (κ3) is 36.9. The van der Waals surface area contributed by atoms with Crippen molar-refractivity contribution in [2.24, 2.45) is 0 Å². The summed E-state index contributed by atoms with van der Waals surface area (Å²) >= 11 is 0. The van der Waals surface area contributed by atoms with Gasteiger partial charge in [0.2, 0.25) is 5.91 Å². The summed E-state index contributed by atoms with van der Waals surface area (Å²) in [5.74, 6) is -0.515. The minimum atomic E-state index is -1.11. The predicted octanol–water partition coefficient (Wildman–Crippen LogP) is 13.2. The van der Waals surface area contributed by atoms with Crippen LogP contribution in [-0.4, -0.2) is 46.1 Å². The maximum atomic E-state index is 12.4. The molecule has 0 radical (unpaired) electrons. The summed E-state index contributed by atoms with van der Waals surface area (Å²) in [6, 6.07) is -0.804. The number of allylic oxidation sites excluding steroid dienone is 5. The van der Waals surface area contributed by atoms with Crippen molar-refractivity contribution < 1.29 is 20.1 Å². The van der Waals surface area contributed by atoms with Gasteiger partial charge in [0.05, 0.1) is 18.8 Å². The van der Waals surface area contributed by atoms with Crippen LogP contribution in [0.5, 0.6) is 0 Å². The van der Waals surface area contributed by atoms with Crippen LogP contribution in [0.25, 0.3) is 0 Å². The number of amides is 1. The average molecular weight is 732 g/mol. The first kappa shape index (κ1) is 50.6. The lowest BCUT2D eigenvalue weighted by Crippen LogP contribution is -2.48. The minimum Gasteiger partial charge on any atom is -0.394 e. The Morgan fingerprint density at radius 1 is 0.481 bits per heavy atom. The predicted molar refractivity (Wildman–Crippen MR) is 227 cm³/mol. The fourth-order valence-corrected chi connectivity index (χ4v) is 6.88.